The monoisotopic (exact) mass is 332 g/mol. The van der Waals surface area contributed by atoms with Crippen LogP contribution < -0.4 is 20.3 Å². The van der Waals surface area contributed by atoms with Crippen LogP contribution in [0.3, 0.4) is 0 Å². The summed E-state index contributed by atoms with van der Waals surface area (Å²) in [6.45, 7) is 0. The first-order chi connectivity index (χ1) is 11.1. The Morgan fingerprint density at radius 3 is 2.57 bits per heavy atom. The van der Waals surface area contributed by atoms with Crippen LogP contribution in [0.2, 0.25) is 5.02 Å². The van der Waals surface area contributed by atoms with Crippen LogP contribution >= 0.6 is 11.6 Å². The second-order valence-electron chi connectivity index (χ2n) is 5.10. The number of phenolic OH excluding ortho intramolecular Hbond substituents is 1. The molecule has 1 heterocycles. The van der Waals surface area contributed by atoms with E-state index in [1.807, 2.05) is 24.3 Å². The van der Waals surface area contributed by atoms with Crippen LogP contribution in [-0.4, -0.2) is 19.3 Å². The lowest BCUT2D eigenvalue weighted by atomic mass is 10.0. The molecule has 1 aliphatic rings. The van der Waals surface area contributed by atoms with Gasteiger partial charge in [-0.2, -0.15) is 0 Å². The Balaban J connectivity index is 1.92. The zero-order valence-electron chi connectivity index (χ0n) is 12.8. The van der Waals surface area contributed by atoms with Crippen LogP contribution in [-0.2, 0) is 0 Å². The number of methoxy groups -OCH3 is 2. The Bertz CT molecular complexity index is 761. The van der Waals surface area contributed by atoms with Gasteiger partial charge in [0.2, 0.25) is 0 Å². The molecule has 23 heavy (non-hydrogen) atoms. The van der Waals surface area contributed by atoms with Crippen molar-refractivity contribution in [3.05, 3.63) is 58.6 Å². The Morgan fingerprint density at radius 1 is 1.04 bits per heavy atom. The quantitative estimate of drug-likeness (QED) is 0.802. The summed E-state index contributed by atoms with van der Waals surface area (Å²) in [6, 6.07) is 10.6. The van der Waals surface area contributed by atoms with Crippen molar-refractivity contribution < 1.29 is 14.6 Å². The van der Waals surface area contributed by atoms with Crippen LogP contribution in [0.4, 0.5) is 0 Å². The van der Waals surface area contributed by atoms with Crippen molar-refractivity contribution in [2.24, 2.45) is 0 Å². The SMILES string of the molecule is COc1ccc([C@H]2C=C(c3cc(Cl)ccc3O)NN2)cc1OC. The standard InChI is InChI=1S/C17H17ClN2O3/c1-22-16-6-3-10(7-17(16)23-2)13-9-14(20-19-13)12-8-11(18)4-5-15(12)21/h3-9,13,19-21H,1-2H3/t13-/m1/s1. The third-order valence-corrected chi connectivity index (χ3v) is 3.95. The molecule has 2 aromatic rings. The predicted octanol–water partition coefficient (Wildman–Crippen LogP) is 3.25. The fourth-order valence-electron chi connectivity index (χ4n) is 2.51. The number of phenols is 1. The molecule has 0 bridgehead atoms. The topological polar surface area (TPSA) is 62.8 Å². The summed E-state index contributed by atoms with van der Waals surface area (Å²) >= 11 is 6.00. The molecule has 3 N–H and O–H groups in total. The van der Waals surface area contributed by atoms with Crippen LogP contribution in [0, 0.1) is 0 Å². The molecule has 6 heteroatoms. The van der Waals surface area contributed by atoms with Gasteiger partial charge in [-0.1, -0.05) is 17.7 Å². The van der Waals surface area contributed by atoms with E-state index in [0.717, 1.165) is 11.3 Å². The molecule has 0 saturated heterocycles. The number of hydrazine groups is 1. The normalized spacial score (nSPS) is 16.7. The van der Waals surface area contributed by atoms with Gasteiger partial charge in [-0.05, 0) is 42.0 Å². The summed E-state index contributed by atoms with van der Waals surface area (Å²) < 4.78 is 10.6. The average Bonchev–Trinajstić information content (AvgIpc) is 3.06. The third-order valence-electron chi connectivity index (χ3n) is 3.71. The van der Waals surface area contributed by atoms with E-state index in [0.29, 0.717) is 22.1 Å². The van der Waals surface area contributed by atoms with E-state index in [1.165, 1.54) is 0 Å². The van der Waals surface area contributed by atoms with Crippen molar-refractivity contribution in [1.29, 1.82) is 0 Å². The minimum atomic E-state index is -0.0665. The van der Waals surface area contributed by atoms with Gasteiger partial charge in [0.25, 0.3) is 0 Å². The Hall–Kier alpha value is -2.37. The summed E-state index contributed by atoms with van der Waals surface area (Å²) in [7, 11) is 3.21. The number of aromatic hydroxyl groups is 1. The fraction of sp³-hybridized carbons (Fsp3) is 0.176. The molecule has 0 radical (unpaired) electrons. The number of ether oxygens (including phenoxy) is 2. The van der Waals surface area contributed by atoms with Crippen LogP contribution in [0.1, 0.15) is 17.2 Å². The van der Waals surface area contributed by atoms with E-state index >= 15 is 0 Å². The lowest BCUT2D eigenvalue weighted by Gasteiger charge is -2.13. The number of hydrogen-bond donors (Lipinski definition) is 3. The number of nitrogens with one attached hydrogen (secondary N) is 2. The summed E-state index contributed by atoms with van der Waals surface area (Å²) in [5, 5.41) is 10.6. The van der Waals surface area contributed by atoms with E-state index < -0.39 is 0 Å². The molecule has 0 fully saturated rings. The third kappa shape index (κ3) is 3.06. The van der Waals surface area contributed by atoms with E-state index in [9.17, 15) is 5.11 Å². The van der Waals surface area contributed by atoms with E-state index in [4.69, 9.17) is 21.1 Å². The zero-order chi connectivity index (χ0) is 16.4. The first-order valence-corrected chi connectivity index (χ1v) is 7.44. The second-order valence-corrected chi connectivity index (χ2v) is 5.54. The van der Waals surface area contributed by atoms with Gasteiger partial charge in [0.15, 0.2) is 11.5 Å². The van der Waals surface area contributed by atoms with Crippen molar-refractivity contribution in [1.82, 2.24) is 10.9 Å². The molecule has 0 saturated carbocycles. The largest absolute Gasteiger partial charge is 0.507 e. The lowest BCUT2D eigenvalue weighted by molar-refractivity contribution is 0.354. The Kier molecular flexibility index (Phi) is 4.32. The van der Waals surface area contributed by atoms with Gasteiger partial charge in [0.1, 0.15) is 5.75 Å². The van der Waals surface area contributed by atoms with Crippen molar-refractivity contribution in [3.63, 3.8) is 0 Å². The van der Waals surface area contributed by atoms with Crippen molar-refractivity contribution >= 4 is 17.3 Å². The number of hydrogen-bond acceptors (Lipinski definition) is 5. The molecule has 3 rings (SSSR count). The Labute approximate surface area is 139 Å². The van der Waals surface area contributed by atoms with Crippen LogP contribution in [0.5, 0.6) is 17.2 Å². The highest BCUT2D eigenvalue weighted by Gasteiger charge is 2.20. The molecule has 1 aliphatic heterocycles. The van der Waals surface area contributed by atoms with E-state index in [1.54, 1.807) is 32.4 Å². The van der Waals surface area contributed by atoms with E-state index in [-0.39, 0.29) is 11.8 Å². The number of rotatable bonds is 4. The highest BCUT2D eigenvalue weighted by molar-refractivity contribution is 6.30. The summed E-state index contributed by atoms with van der Waals surface area (Å²) in [5.41, 5.74) is 8.66. The summed E-state index contributed by atoms with van der Waals surface area (Å²) in [4.78, 5) is 0. The first-order valence-electron chi connectivity index (χ1n) is 7.06. The van der Waals surface area contributed by atoms with Crippen molar-refractivity contribution in [2.45, 2.75) is 6.04 Å². The lowest BCUT2D eigenvalue weighted by Crippen LogP contribution is -2.26. The first kappa shape index (κ1) is 15.5. The van der Waals surface area contributed by atoms with Crippen molar-refractivity contribution in [2.75, 3.05) is 14.2 Å². The molecule has 120 valence electrons. The second kappa shape index (κ2) is 6.40. The van der Waals surface area contributed by atoms with Gasteiger partial charge in [0.05, 0.1) is 26.0 Å². The maximum Gasteiger partial charge on any atom is 0.161 e. The molecule has 0 unspecified atom stereocenters. The fourth-order valence-corrected chi connectivity index (χ4v) is 2.68. The molecule has 0 aromatic heterocycles. The van der Waals surface area contributed by atoms with Gasteiger partial charge in [-0.15, -0.1) is 0 Å². The molecule has 0 aliphatic carbocycles. The van der Waals surface area contributed by atoms with Crippen LogP contribution in [0.25, 0.3) is 5.70 Å². The van der Waals surface area contributed by atoms with Gasteiger partial charge < -0.3 is 20.0 Å². The predicted molar refractivity (Wildman–Crippen MR) is 89.7 cm³/mol. The smallest absolute Gasteiger partial charge is 0.161 e. The summed E-state index contributed by atoms with van der Waals surface area (Å²) in [6.07, 6.45) is 1.98. The maximum absolute atomic E-state index is 10.00. The van der Waals surface area contributed by atoms with Gasteiger partial charge in [-0.25, -0.2) is 5.43 Å². The average molecular weight is 333 g/mol. The molecule has 1 atom stereocenters. The van der Waals surface area contributed by atoms with Crippen molar-refractivity contribution in [3.8, 4) is 17.2 Å². The number of benzene rings is 2. The Morgan fingerprint density at radius 2 is 1.83 bits per heavy atom. The maximum atomic E-state index is 10.00. The zero-order valence-corrected chi connectivity index (χ0v) is 13.5. The van der Waals surface area contributed by atoms with Gasteiger partial charge >= 0.3 is 0 Å². The van der Waals surface area contributed by atoms with E-state index in [2.05, 4.69) is 10.9 Å². The van der Waals surface area contributed by atoms with Gasteiger partial charge in [-0.3, -0.25) is 0 Å². The highest BCUT2D eigenvalue weighted by Crippen LogP contribution is 2.34. The number of halogens is 1. The van der Waals surface area contributed by atoms with Crippen LogP contribution in [0.15, 0.2) is 42.5 Å². The summed E-state index contributed by atoms with van der Waals surface area (Å²) in [5.74, 6) is 1.51. The minimum absolute atomic E-state index is 0.0665. The molecule has 0 spiro atoms. The molecule has 5 nitrogen and oxygen atoms in total. The molecular weight excluding hydrogens is 316 g/mol. The van der Waals surface area contributed by atoms with Gasteiger partial charge in [0, 0.05) is 10.6 Å². The molecule has 0 amide bonds. The minimum Gasteiger partial charge on any atom is -0.507 e. The highest BCUT2D eigenvalue weighted by atomic mass is 35.5. The molecular formula is C17H17ClN2O3. The molecule has 2 aromatic carbocycles.